The van der Waals surface area contributed by atoms with Gasteiger partial charge in [0.25, 0.3) is 0 Å². The monoisotopic (exact) mass is 241 g/mol. The molecule has 1 unspecified atom stereocenters. The van der Waals surface area contributed by atoms with Crippen molar-refractivity contribution < 1.29 is 4.74 Å². The number of benzene rings is 1. The fraction of sp³-hybridized carbons (Fsp3) is 0.364. The van der Waals surface area contributed by atoms with Crippen molar-refractivity contribution in [3.63, 3.8) is 0 Å². The SMILES string of the molecule is [CH2]C(C)c1cc(Br)cc(OCC)c1. The first-order chi connectivity index (χ1) is 6.13. The zero-order chi connectivity index (χ0) is 9.84. The summed E-state index contributed by atoms with van der Waals surface area (Å²) < 4.78 is 6.47. The highest BCUT2D eigenvalue weighted by atomic mass is 79.9. The molecular weight excluding hydrogens is 228 g/mol. The number of ether oxygens (including phenoxy) is 1. The van der Waals surface area contributed by atoms with E-state index in [4.69, 9.17) is 4.74 Å². The topological polar surface area (TPSA) is 9.23 Å². The van der Waals surface area contributed by atoms with Gasteiger partial charge < -0.3 is 4.74 Å². The van der Waals surface area contributed by atoms with Crippen molar-refractivity contribution in [2.45, 2.75) is 19.8 Å². The average Bonchev–Trinajstić information content (AvgIpc) is 2.03. The fourth-order valence-corrected chi connectivity index (χ4v) is 1.61. The Labute approximate surface area is 88.2 Å². The molecular formula is C11H14BrO. The van der Waals surface area contributed by atoms with Crippen LogP contribution in [0.4, 0.5) is 0 Å². The Balaban J connectivity index is 2.96. The molecule has 0 aromatic heterocycles. The third-order valence-corrected chi connectivity index (χ3v) is 2.23. The van der Waals surface area contributed by atoms with Crippen LogP contribution in [0.1, 0.15) is 25.3 Å². The fourth-order valence-electron chi connectivity index (χ4n) is 1.12. The van der Waals surface area contributed by atoms with Gasteiger partial charge in [0.1, 0.15) is 5.75 Å². The van der Waals surface area contributed by atoms with Gasteiger partial charge in [-0.2, -0.15) is 0 Å². The van der Waals surface area contributed by atoms with Gasteiger partial charge in [-0.3, -0.25) is 0 Å². The van der Waals surface area contributed by atoms with E-state index in [1.807, 2.05) is 19.1 Å². The van der Waals surface area contributed by atoms with Crippen LogP contribution in [0.15, 0.2) is 22.7 Å². The quantitative estimate of drug-likeness (QED) is 0.783. The minimum atomic E-state index is 0.289. The minimum absolute atomic E-state index is 0.289. The Kier molecular flexibility index (Phi) is 3.79. The minimum Gasteiger partial charge on any atom is -0.494 e. The molecule has 0 saturated carbocycles. The second-order valence-electron chi connectivity index (χ2n) is 3.05. The highest BCUT2D eigenvalue weighted by Crippen LogP contribution is 2.25. The van der Waals surface area contributed by atoms with Gasteiger partial charge in [-0.15, -0.1) is 0 Å². The zero-order valence-electron chi connectivity index (χ0n) is 8.01. The van der Waals surface area contributed by atoms with E-state index < -0.39 is 0 Å². The van der Waals surface area contributed by atoms with Crippen LogP contribution in [0.5, 0.6) is 5.75 Å². The summed E-state index contributed by atoms with van der Waals surface area (Å²) in [7, 11) is 0. The lowest BCUT2D eigenvalue weighted by Crippen LogP contribution is -1.94. The van der Waals surface area contributed by atoms with Crippen LogP contribution in [0.25, 0.3) is 0 Å². The molecule has 2 heteroatoms. The largest absolute Gasteiger partial charge is 0.494 e. The second kappa shape index (κ2) is 4.66. The standard InChI is InChI=1S/C11H14BrO/c1-4-13-11-6-9(8(2)3)5-10(12)7-11/h5-8H,2,4H2,1,3H3. The van der Waals surface area contributed by atoms with Crippen LogP contribution >= 0.6 is 15.9 Å². The molecule has 0 bridgehead atoms. The lowest BCUT2D eigenvalue weighted by Gasteiger charge is -2.09. The van der Waals surface area contributed by atoms with Crippen molar-refractivity contribution in [3.8, 4) is 5.75 Å². The lowest BCUT2D eigenvalue weighted by atomic mass is 10.0. The van der Waals surface area contributed by atoms with Gasteiger partial charge in [0.15, 0.2) is 0 Å². The first kappa shape index (κ1) is 10.6. The maximum Gasteiger partial charge on any atom is 0.120 e. The maximum atomic E-state index is 5.42. The van der Waals surface area contributed by atoms with Crippen molar-refractivity contribution >= 4 is 15.9 Å². The molecule has 0 aliphatic heterocycles. The zero-order valence-corrected chi connectivity index (χ0v) is 9.60. The predicted molar refractivity (Wildman–Crippen MR) is 59.1 cm³/mol. The molecule has 0 spiro atoms. The van der Waals surface area contributed by atoms with Crippen molar-refractivity contribution in [2.75, 3.05) is 6.61 Å². The molecule has 0 N–H and O–H groups in total. The summed E-state index contributed by atoms with van der Waals surface area (Å²) in [5.74, 6) is 1.19. The van der Waals surface area contributed by atoms with E-state index in [0.29, 0.717) is 6.61 Å². The summed E-state index contributed by atoms with van der Waals surface area (Å²) >= 11 is 3.44. The van der Waals surface area contributed by atoms with Crippen LogP contribution in [-0.2, 0) is 0 Å². The third-order valence-electron chi connectivity index (χ3n) is 1.77. The molecule has 1 aromatic rings. The number of rotatable bonds is 3. The second-order valence-corrected chi connectivity index (χ2v) is 3.97. The molecule has 0 aliphatic carbocycles. The maximum absolute atomic E-state index is 5.42. The van der Waals surface area contributed by atoms with Crippen molar-refractivity contribution in [1.82, 2.24) is 0 Å². The summed E-state index contributed by atoms with van der Waals surface area (Å²) in [6.45, 7) is 8.72. The van der Waals surface area contributed by atoms with Crippen LogP contribution in [-0.4, -0.2) is 6.61 Å². The van der Waals surface area contributed by atoms with Gasteiger partial charge in [-0.25, -0.2) is 0 Å². The highest BCUT2D eigenvalue weighted by Gasteiger charge is 2.03. The normalized spacial score (nSPS) is 10.5. The van der Waals surface area contributed by atoms with Gasteiger partial charge in [0.05, 0.1) is 6.61 Å². The van der Waals surface area contributed by atoms with Crippen LogP contribution in [0, 0.1) is 6.92 Å². The van der Waals surface area contributed by atoms with E-state index in [9.17, 15) is 0 Å². The van der Waals surface area contributed by atoms with Gasteiger partial charge in [0, 0.05) is 4.47 Å². The third kappa shape index (κ3) is 3.03. The molecule has 0 heterocycles. The average molecular weight is 242 g/mol. The van der Waals surface area contributed by atoms with Crippen LogP contribution < -0.4 is 4.74 Å². The van der Waals surface area contributed by atoms with E-state index in [2.05, 4.69) is 35.8 Å². The molecule has 1 rings (SSSR count). The van der Waals surface area contributed by atoms with Crippen LogP contribution in [0.2, 0.25) is 0 Å². The number of hydrogen-bond acceptors (Lipinski definition) is 1. The first-order valence-electron chi connectivity index (χ1n) is 4.40. The predicted octanol–water partition coefficient (Wildman–Crippen LogP) is 3.79. The summed E-state index contributed by atoms with van der Waals surface area (Å²) in [6.07, 6.45) is 0. The molecule has 1 nitrogen and oxygen atoms in total. The van der Waals surface area contributed by atoms with Gasteiger partial charge >= 0.3 is 0 Å². The van der Waals surface area contributed by atoms with Crippen molar-refractivity contribution in [2.24, 2.45) is 0 Å². The lowest BCUT2D eigenvalue weighted by molar-refractivity contribution is 0.339. The van der Waals surface area contributed by atoms with E-state index in [1.54, 1.807) is 0 Å². The summed E-state index contributed by atoms with van der Waals surface area (Å²) in [4.78, 5) is 0. The van der Waals surface area contributed by atoms with Crippen molar-refractivity contribution in [3.05, 3.63) is 35.2 Å². The summed E-state index contributed by atoms with van der Waals surface area (Å²) in [5, 5.41) is 0. The van der Waals surface area contributed by atoms with Gasteiger partial charge in [0.2, 0.25) is 0 Å². The molecule has 1 aromatic carbocycles. The Bertz CT molecular complexity index is 281. The number of hydrogen-bond donors (Lipinski definition) is 0. The Hall–Kier alpha value is -0.500. The highest BCUT2D eigenvalue weighted by molar-refractivity contribution is 9.10. The first-order valence-corrected chi connectivity index (χ1v) is 5.19. The van der Waals surface area contributed by atoms with E-state index in [1.165, 1.54) is 5.56 Å². The molecule has 1 atom stereocenters. The summed E-state index contributed by atoms with van der Waals surface area (Å²) in [5.41, 5.74) is 1.19. The summed E-state index contributed by atoms with van der Waals surface area (Å²) in [6, 6.07) is 6.07. The Morgan fingerprint density at radius 2 is 2.15 bits per heavy atom. The van der Waals surface area contributed by atoms with Crippen molar-refractivity contribution in [1.29, 1.82) is 0 Å². The molecule has 0 aliphatic rings. The van der Waals surface area contributed by atoms with Gasteiger partial charge in [-0.05, 0) is 43.5 Å². The smallest absolute Gasteiger partial charge is 0.120 e. The Morgan fingerprint density at radius 3 is 2.69 bits per heavy atom. The Morgan fingerprint density at radius 1 is 1.46 bits per heavy atom. The molecule has 13 heavy (non-hydrogen) atoms. The van der Waals surface area contributed by atoms with Gasteiger partial charge in [-0.1, -0.05) is 22.9 Å². The number of halogens is 1. The van der Waals surface area contributed by atoms with E-state index in [-0.39, 0.29) is 5.92 Å². The molecule has 1 radical (unpaired) electrons. The van der Waals surface area contributed by atoms with E-state index in [0.717, 1.165) is 10.2 Å². The molecule has 0 amide bonds. The molecule has 0 fully saturated rings. The van der Waals surface area contributed by atoms with E-state index >= 15 is 0 Å². The molecule has 0 saturated heterocycles. The molecule has 71 valence electrons. The van der Waals surface area contributed by atoms with Crippen LogP contribution in [0.3, 0.4) is 0 Å².